The molecule has 0 saturated heterocycles. The Bertz CT molecular complexity index is 551. The van der Waals surface area contributed by atoms with Gasteiger partial charge in [-0.05, 0) is 28.6 Å². The van der Waals surface area contributed by atoms with Crippen LogP contribution in [0.5, 0.6) is 0 Å². The van der Waals surface area contributed by atoms with E-state index in [1.54, 1.807) is 18.2 Å². The van der Waals surface area contributed by atoms with E-state index in [0.717, 1.165) is 5.69 Å². The molecule has 19 heavy (non-hydrogen) atoms. The molecule has 7 heteroatoms. The van der Waals surface area contributed by atoms with Crippen LogP contribution in [0.3, 0.4) is 0 Å². The standard InChI is InChI=1S/C12H14N6O/c1-2-6-13-8-12(19)15-10-4-3-5-11(7-10)18-9-14-16-17-18/h2-5,7,9,13H,1,6,8H2,(H,15,19). The number of carbonyl (C=O) groups excluding carboxylic acids is 1. The summed E-state index contributed by atoms with van der Waals surface area (Å²) in [6.45, 7) is 4.40. The number of benzene rings is 1. The van der Waals surface area contributed by atoms with Crippen molar-refractivity contribution >= 4 is 11.6 Å². The minimum atomic E-state index is -0.115. The van der Waals surface area contributed by atoms with Crippen molar-refractivity contribution in [3.05, 3.63) is 43.2 Å². The van der Waals surface area contributed by atoms with Crippen LogP contribution in [-0.4, -0.2) is 39.2 Å². The van der Waals surface area contributed by atoms with Gasteiger partial charge >= 0.3 is 0 Å². The number of hydrogen-bond acceptors (Lipinski definition) is 5. The van der Waals surface area contributed by atoms with Crippen molar-refractivity contribution in [2.45, 2.75) is 0 Å². The molecule has 0 aliphatic rings. The van der Waals surface area contributed by atoms with Gasteiger partial charge in [0.2, 0.25) is 5.91 Å². The molecule has 98 valence electrons. The molecule has 0 aliphatic carbocycles. The Hall–Kier alpha value is -2.54. The lowest BCUT2D eigenvalue weighted by Gasteiger charge is -2.07. The van der Waals surface area contributed by atoms with Gasteiger partial charge in [0.05, 0.1) is 12.2 Å². The summed E-state index contributed by atoms with van der Waals surface area (Å²) in [6, 6.07) is 7.27. The molecule has 0 radical (unpaired) electrons. The average molecular weight is 258 g/mol. The lowest BCUT2D eigenvalue weighted by molar-refractivity contribution is -0.115. The second-order valence-electron chi connectivity index (χ2n) is 3.77. The van der Waals surface area contributed by atoms with Gasteiger partial charge in [0.1, 0.15) is 6.33 Å². The molecule has 0 atom stereocenters. The van der Waals surface area contributed by atoms with Crippen molar-refractivity contribution in [2.75, 3.05) is 18.4 Å². The molecule has 7 nitrogen and oxygen atoms in total. The van der Waals surface area contributed by atoms with Crippen LogP contribution in [0.1, 0.15) is 0 Å². The summed E-state index contributed by atoms with van der Waals surface area (Å²) >= 11 is 0. The second kappa shape index (κ2) is 6.41. The molecule has 1 aromatic carbocycles. The van der Waals surface area contributed by atoms with Crippen LogP contribution < -0.4 is 10.6 Å². The van der Waals surface area contributed by atoms with E-state index in [4.69, 9.17) is 0 Å². The summed E-state index contributed by atoms with van der Waals surface area (Å²) in [5, 5.41) is 16.6. The number of carbonyl (C=O) groups is 1. The Morgan fingerprint density at radius 2 is 2.37 bits per heavy atom. The van der Waals surface area contributed by atoms with E-state index >= 15 is 0 Å². The third kappa shape index (κ3) is 3.71. The maximum absolute atomic E-state index is 11.6. The third-order valence-electron chi connectivity index (χ3n) is 2.32. The fourth-order valence-electron chi connectivity index (χ4n) is 1.50. The van der Waals surface area contributed by atoms with Gasteiger partial charge in [-0.15, -0.1) is 11.7 Å². The Kier molecular flexibility index (Phi) is 4.35. The highest BCUT2D eigenvalue weighted by molar-refractivity contribution is 5.92. The van der Waals surface area contributed by atoms with E-state index in [9.17, 15) is 4.79 Å². The van der Waals surface area contributed by atoms with Crippen molar-refractivity contribution in [1.82, 2.24) is 25.5 Å². The highest BCUT2D eigenvalue weighted by Gasteiger charge is 2.03. The highest BCUT2D eigenvalue weighted by atomic mass is 16.1. The molecule has 0 saturated carbocycles. The van der Waals surface area contributed by atoms with Crippen LogP contribution in [0.4, 0.5) is 5.69 Å². The molecule has 0 fully saturated rings. The van der Waals surface area contributed by atoms with Crippen molar-refractivity contribution in [2.24, 2.45) is 0 Å². The zero-order valence-corrected chi connectivity index (χ0v) is 10.3. The van der Waals surface area contributed by atoms with Crippen molar-refractivity contribution in [3.63, 3.8) is 0 Å². The average Bonchev–Trinajstić information content (AvgIpc) is 2.93. The molecule has 1 aromatic heterocycles. The van der Waals surface area contributed by atoms with E-state index in [1.807, 2.05) is 12.1 Å². The molecule has 0 unspecified atom stereocenters. The van der Waals surface area contributed by atoms with Crippen LogP contribution in [0, 0.1) is 0 Å². The van der Waals surface area contributed by atoms with Crippen LogP contribution in [0.15, 0.2) is 43.2 Å². The quantitative estimate of drug-likeness (QED) is 0.578. The highest BCUT2D eigenvalue weighted by Crippen LogP contribution is 2.12. The Balaban J connectivity index is 1.99. The van der Waals surface area contributed by atoms with E-state index in [1.165, 1.54) is 11.0 Å². The van der Waals surface area contributed by atoms with Gasteiger partial charge in [-0.25, -0.2) is 4.68 Å². The maximum atomic E-state index is 11.6. The van der Waals surface area contributed by atoms with Gasteiger partial charge in [-0.3, -0.25) is 4.79 Å². The summed E-state index contributed by atoms with van der Waals surface area (Å²) in [4.78, 5) is 11.6. The fourth-order valence-corrected chi connectivity index (χ4v) is 1.50. The molecule has 0 aliphatic heterocycles. The topological polar surface area (TPSA) is 84.7 Å². The number of tetrazole rings is 1. The molecule has 0 spiro atoms. The first-order chi connectivity index (χ1) is 9.29. The molecule has 2 rings (SSSR count). The molecular weight excluding hydrogens is 244 g/mol. The van der Waals surface area contributed by atoms with E-state index in [2.05, 4.69) is 32.7 Å². The van der Waals surface area contributed by atoms with E-state index in [0.29, 0.717) is 12.2 Å². The number of hydrogen-bond donors (Lipinski definition) is 2. The maximum Gasteiger partial charge on any atom is 0.238 e. The van der Waals surface area contributed by atoms with Crippen LogP contribution in [0.25, 0.3) is 5.69 Å². The summed E-state index contributed by atoms with van der Waals surface area (Å²) in [6.07, 6.45) is 3.19. The van der Waals surface area contributed by atoms with Crippen molar-refractivity contribution in [1.29, 1.82) is 0 Å². The monoisotopic (exact) mass is 258 g/mol. The van der Waals surface area contributed by atoms with Crippen LogP contribution >= 0.6 is 0 Å². The van der Waals surface area contributed by atoms with Gasteiger partial charge in [0, 0.05) is 12.2 Å². The lowest BCUT2D eigenvalue weighted by Crippen LogP contribution is -2.28. The van der Waals surface area contributed by atoms with Gasteiger partial charge in [-0.2, -0.15) is 0 Å². The van der Waals surface area contributed by atoms with E-state index < -0.39 is 0 Å². The number of aromatic nitrogens is 4. The zero-order chi connectivity index (χ0) is 13.5. The zero-order valence-electron chi connectivity index (χ0n) is 10.3. The second-order valence-corrected chi connectivity index (χ2v) is 3.77. The Morgan fingerprint density at radius 1 is 1.47 bits per heavy atom. The van der Waals surface area contributed by atoms with Gasteiger partial charge in [0.25, 0.3) is 0 Å². The van der Waals surface area contributed by atoms with Crippen molar-refractivity contribution < 1.29 is 4.79 Å². The van der Waals surface area contributed by atoms with Crippen LogP contribution in [0.2, 0.25) is 0 Å². The van der Waals surface area contributed by atoms with Crippen LogP contribution in [-0.2, 0) is 4.79 Å². The van der Waals surface area contributed by atoms with Gasteiger partial charge in [-0.1, -0.05) is 12.1 Å². The smallest absolute Gasteiger partial charge is 0.238 e. The first-order valence-corrected chi connectivity index (χ1v) is 5.74. The molecule has 2 N–H and O–H groups in total. The number of anilines is 1. The minimum Gasteiger partial charge on any atom is -0.325 e. The third-order valence-corrected chi connectivity index (χ3v) is 2.32. The molecular formula is C12H14N6O. The predicted molar refractivity (Wildman–Crippen MR) is 70.9 cm³/mol. The van der Waals surface area contributed by atoms with Gasteiger partial charge < -0.3 is 10.6 Å². The lowest BCUT2D eigenvalue weighted by atomic mass is 10.3. The first-order valence-electron chi connectivity index (χ1n) is 5.74. The molecule has 1 heterocycles. The fraction of sp³-hybridized carbons (Fsp3) is 0.167. The molecule has 0 bridgehead atoms. The van der Waals surface area contributed by atoms with E-state index in [-0.39, 0.29) is 12.5 Å². The number of rotatable bonds is 6. The summed E-state index contributed by atoms with van der Waals surface area (Å²) in [5.41, 5.74) is 1.47. The predicted octanol–water partition coefficient (Wildman–Crippen LogP) is 0.376. The molecule has 1 amide bonds. The number of nitrogens with one attached hydrogen (secondary N) is 2. The normalized spacial score (nSPS) is 10.1. The first kappa shape index (κ1) is 12.9. The Labute approximate surface area is 110 Å². The minimum absolute atomic E-state index is 0.115. The Morgan fingerprint density at radius 3 is 3.11 bits per heavy atom. The summed E-state index contributed by atoms with van der Waals surface area (Å²) in [5.74, 6) is -0.115. The summed E-state index contributed by atoms with van der Waals surface area (Å²) < 4.78 is 1.52. The molecule has 2 aromatic rings. The van der Waals surface area contributed by atoms with Gasteiger partial charge in [0.15, 0.2) is 0 Å². The van der Waals surface area contributed by atoms with Crippen molar-refractivity contribution in [3.8, 4) is 5.69 Å². The SMILES string of the molecule is C=CCNCC(=O)Nc1cccc(-n2cnnn2)c1. The largest absolute Gasteiger partial charge is 0.325 e. The summed E-state index contributed by atoms with van der Waals surface area (Å²) in [7, 11) is 0. The number of nitrogens with zero attached hydrogens (tertiary/aromatic N) is 4. The number of amides is 1.